The SMILES string of the molecule is CCCCCOc1ccc(-c2ccc(CCCCCP(=O)(O)O)nc2-c2cccc(F)c2)cc1. The first-order valence-electron chi connectivity index (χ1n) is 11.9. The topological polar surface area (TPSA) is 79.7 Å². The fraction of sp³-hybridized carbons (Fsp3) is 0.370. The van der Waals surface area contributed by atoms with Gasteiger partial charge in [-0.25, -0.2) is 4.39 Å². The summed E-state index contributed by atoms with van der Waals surface area (Å²) in [6, 6.07) is 18.3. The highest BCUT2D eigenvalue weighted by molar-refractivity contribution is 7.51. The standard InChI is InChI=1S/C27H33FNO4P/c1-2-3-6-18-33-25-15-12-21(13-16-25)26-17-14-24(11-5-4-7-19-34(30,31)32)29-27(26)22-9-8-10-23(28)20-22/h8-10,12-17,20H,2-7,11,18-19H2,1H3,(H2,30,31,32). The molecule has 3 aromatic rings. The number of halogens is 1. The molecule has 7 heteroatoms. The average molecular weight is 486 g/mol. The second-order valence-electron chi connectivity index (χ2n) is 8.49. The number of aryl methyl sites for hydroxylation is 1. The van der Waals surface area contributed by atoms with Crippen LogP contribution in [0, 0.1) is 5.82 Å². The first-order valence-corrected chi connectivity index (χ1v) is 13.7. The molecule has 0 aliphatic carbocycles. The third-order valence-electron chi connectivity index (χ3n) is 5.62. The summed E-state index contributed by atoms with van der Waals surface area (Å²) >= 11 is 0. The van der Waals surface area contributed by atoms with Gasteiger partial charge in [0.2, 0.25) is 0 Å². The summed E-state index contributed by atoms with van der Waals surface area (Å²) in [5.41, 5.74) is 4.17. The Morgan fingerprint density at radius 2 is 1.71 bits per heavy atom. The van der Waals surface area contributed by atoms with Gasteiger partial charge < -0.3 is 14.5 Å². The molecule has 0 aliphatic heterocycles. The molecule has 0 bridgehead atoms. The number of aromatic nitrogens is 1. The second kappa shape index (κ2) is 12.8. The van der Waals surface area contributed by atoms with E-state index in [1.54, 1.807) is 6.07 Å². The number of unbranched alkanes of at least 4 members (excludes halogenated alkanes) is 4. The minimum Gasteiger partial charge on any atom is -0.494 e. The number of hydrogen-bond acceptors (Lipinski definition) is 3. The van der Waals surface area contributed by atoms with Crippen molar-refractivity contribution in [1.82, 2.24) is 4.98 Å². The summed E-state index contributed by atoms with van der Waals surface area (Å²) in [6.07, 6.45) is 5.90. The number of nitrogens with zero attached hydrogens (tertiary/aromatic N) is 1. The van der Waals surface area contributed by atoms with Crippen LogP contribution in [0.2, 0.25) is 0 Å². The number of hydrogen-bond donors (Lipinski definition) is 2. The zero-order valence-corrected chi connectivity index (χ0v) is 20.5. The number of ether oxygens (including phenoxy) is 1. The van der Waals surface area contributed by atoms with Gasteiger partial charge in [0.15, 0.2) is 0 Å². The van der Waals surface area contributed by atoms with Crippen molar-refractivity contribution < 1.29 is 23.5 Å². The molecule has 0 atom stereocenters. The predicted molar refractivity (Wildman–Crippen MR) is 135 cm³/mol. The minimum atomic E-state index is -3.94. The molecular weight excluding hydrogens is 452 g/mol. The highest BCUT2D eigenvalue weighted by atomic mass is 31.2. The van der Waals surface area contributed by atoms with E-state index in [1.807, 2.05) is 42.5 Å². The van der Waals surface area contributed by atoms with Crippen LogP contribution in [0.1, 0.15) is 51.1 Å². The van der Waals surface area contributed by atoms with Gasteiger partial charge in [0.25, 0.3) is 0 Å². The largest absolute Gasteiger partial charge is 0.494 e. The number of benzene rings is 2. The van der Waals surface area contributed by atoms with Crippen molar-refractivity contribution >= 4 is 7.60 Å². The summed E-state index contributed by atoms with van der Waals surface area (Å²) in [4.78, 5) is 22.8. The Morgan fingerprint density at radius 3 is 2.41 bits per heavy atom. The van der Waals surface area contributed by atoms with Gasteiger partial charge in [-0.3, -0.25) is 9.55 Å². The van der Waals surface area contributed by atoms with Crippen LogP contribution in [0.3, 0.4) is 0 Å². The van der Waals surface area contributed by atoms with Gasteiger partial charge in [-0.15, -0.1) is 0 Å². The molecule has 0 spiro atoms. The lowest BCUT2D eigenvalue weighted by Crippen LogP contribution is -1.98. The van der Waals surface area contributed by atoms with E-state index in [2.05, 4.69) is 6.92 Å². The highest BCUT2D eigenvalue weighted by Crippen LogP contribution is 2.36. The molecule has 0 aliphatic rings. The molecule has 34 heavy (non-hydrogen) atoms. The minimum absolute atomic E-state index is 0.0910. The van der Waals surface area contributed by atoms with Crippen LogP contribution in [-0.4, -0.2) is 27.5 Å². The Balaban J connectivity index is 1.77. The molecule has 0 amide bonds. The van der Waals surface area contributed by atoms with Crippen molar-refractivity contribution in [3.8, 4) is 28.1 Å². The molecule has 0 fully saturated rings. The van der Waals surface area contributed by atoms with Crippen LogP contribution in [0.5, 0.6) is 5.75 Å². The van der Waals surface area contributed by atoms with E-state index in [1.165, 1.54) is 12.1 Å². The summed E-state index contributed by atoms with van der Waals surface area (Å²) in [6.45, 7) is 2.86. The predicted octanol–water partition coefficient (Wildman–Crippen LogP) is 7.01. The van der Waals surface area contributed by atoms with E-state index >= 15 is 0 Å². The Morgan fingerprint density at radius 1 is 0.912 bits per heavy atom. The van der Waals surface area contributed by atoms with E-state index in [9.17, 15) is 8.96 Å². The van der Waals surface area contributed by atoms with E-state index < -0.39 is 7.60 Å². The Hall–Kier alpha value is -2.53. The van der Waals surface area contributed by atoms with Crippen molar-refractivity contribution in [2.45, 2.75) is 51.9 Å². The summed E-state index contributed by atoms with van der Waals surface area (Å²) in [5.74, 6) is 0.510. The lowest BCUT2D eigenvalue weighted by atomic mass is 9.98. The van der Waals surface area contributed by atoms with Gasteiger partial charge in [0.1, 0.15) is 11.6 Å². The van der Waals surface area contributed by atoms with Crippen molar-refractivity contribution in [3.05, 3.63) is 72.2 Å². The normalized spacial score (nSPS) is 11.5. The molecule has 182 valence electrons. The van der Waals surface area contributed by atoms with Crippen LogP contribution < -0.4 is 4.74 Å². The van der Waals surface area contributed by atoms with Gasteiger partial charge in [0.05, 0.1) is 12.3 Å². The molecule has 1 aromatic heterocycles. The van der Waals surface area contributed by atoms with Crippen molar-refractivity contribution in [2.24, 2.45) is 0 Å². The third kappa shape index (κ3) is 8.35. The quantitative estimate of drug-likeness (QED) is 0.201. The molecule has 2 aromatic carbocycles. The lowest BCUT2D eigenvalue weighted by molar-refractivity contribution is 0.306. The van der Waals surface area contributed by atoms with Crippen LogP contribution >= 0.6 is 7.60 Å². The molecule has 0 saturated carbocycles. The first-order chi connectivity index (χ1) is 16.4. The highest BCUT2D eigenvalue weighted by Gasteiger charge is 2.13. The molecule has 5 nitrogen and oxygen atoms in total. The van der Waals surface area contributed by atoms with Gasteiger partial charge in [-0.2, -0.15) is 0 Å². The van der Waals surface area contributed by atoms with Crippen molar-refractivity contribution in [3.63, 3.8) is 0 Å². The third-order valence-corrected chi connectivity index (χ3v) is 6.51. The number of pyridine rings is 1. The fourth-order valence-electron chi connectivity index (χ4n) is 3.80. The van der Waals surface area contributed by atoms with Gasteiger partial charge in [-0.1, -0.05) is 56.5 Å². The zero-order valence-electron chi connectivity index (χ0n) is 19.6. The van der Waals surface area contributed by atoms with Gasteiger partial charge >= 0.3 is 7.60 Å². The summed E-state index contributed by atoms with van der Waals surface area (Å²) in [7, 11) is -3.94. The molecule has 0 radical (unpaired) electrons. The average Bonchev–Trinajstić information content (AvgIpc) is 2.81. The summed E-state index contributed by atoms with van der Waals surface area (Å²) < 4.78 is 30.8. The van der Waals surface area contributed by atoms with Crippen molar-refractivity contribution in [1.29, 1.82) is 0 Å². The van der Waals surface area contributed by atoms with Crippen LogP contribution in [0.25, 0.3) is 22.4 Å². The molecule has 0 unspecified atom stereocenters. The maximum atomic E-state index is 14.0. The first kappa shape index (κ1) is 26.1. The summed E-state index contributed by atoms with van der Waals surface area (Å²) in [5, 5.41) is 0. The van der Waals surface area contributed by atoms with Gasteiger partial charge in [0, 0.05) is 23.0 Å². The molecule has 2 N–H and O–H groups in total. The molecule has 0 saturated heterocycles. The maximum absolute atomic E-state index is 14.0. The van der Waals surface area contributed by atoms with E-state index in [0.29, 0.717) is 37.1 Å². The second-order valence-corrected chi connectivity index (χ2v) is 10.3. The molecular formula is C27H33FNO4P. The lowest BCUT2D eigenvalue weighted by Gasteiger charge is -2.13. The van der Waals surface area contributed by atoms with E-state index in [0.717, 1.165) is 48.3 Å². The Bertz CT molecular complexity index is 1100. The molecule has 3 rings (SSSR count). The van der Waals surface area contributed by atoms with Crippen LogP contribution in [-0.2, 0) is 11.0 Å². The number of rotatable bonds is 13. The smallest absolute Gasteiger partial charge is 0.325 e. The fourth-order valence-corrected chi connectivity index (χ4v) is 4.44. The Kier molecular flexibility index (Phi) is 9.82. The molecule has 1 heterocycles. The Labute approximate surface area is 201 Å². The van der Waals surface area contributed by atoms with Gasteiger partial charge in [-0.05, 0) is 61.6 Å². The van der Waals surface area contributed by atoms with Crippen LogP contribution in [0.15, 0.2) is 60.7 Å². The van der Waals surface area contributed by atoms with Crippen molar-refractivity contribution in [2.75, 3.05) is 12.8 Å². The maximum Gasteiger partial charge on any atom is 0.325 e. The van der Waals surface area contributed by atoms with E-state index in [-0.39, 0.29) is 12.0 Å². The zero-order chi connectivity index (χ0) is 24.4. The van der Waals surface area contributed by atoms with E-state index in [4.69, 9.17) is 19.5 Å². The van der Waals surface area contributed by atoms with Crippen LogP contribution in [0.4, 0.5) is 4.39 Å². The monoisotopic (exact) mass is 485 g/mol.